The monoisotopic (exact) mass is 432 g/mol. The van der Waals surface area contributed by atoms with Crippen LogP contribution in [0.4, 0.5) is 0 Å². The number of hydrogen-bond acceptors (Lipinski definition) is 6. The Morgan fingerprint density at radius 3 is 0.935 bits per heavy atom. The molecule has 0 aliphatic heterocycles. The molecule has 6 nitrogen and oxygen atoms in total. The molecule has 0 aromatic heterocycles. The van der Waals surface area contributed by atoms with Crippen LogP contribution in [0.3, 0.4) is 0 Å². The summed E-state index contributed by atoms with van der Waals surface area (Å²) in [5.41, 5.74) is 3.72. The van der Waals surface area contributed by atoms with Gasteiger partial charge in [0.1, 0.15) is 0 Å². The van der Waals surface area contributed by atoms with Crippen molar-refractivity contribution in [3.05, 3.63) is 106 Å². The molecular weight excluding hydrogens is 411 g/mol. The molecule has 31 heavy (non-hydrogen) atoms. The van der Waals surface area contributed by atoms with Crippen LogP contribution < -0.4 is 0 Å². The zero-order valence-corrected chi connectivity index (χ0v) is 18.6. The highest BCUT2D eigenvalue weighted by Gasteiger charge is 2.49. The first kappa shape index (κ1) is 22.3. The van der Waals surface area contributed by atoms with Crippen molar-refractivity contribution in [2.75, 3.05) is 0 Å². The van der Waals surface area contributed by atoms with E-state index in [4.69, 9.17) is 11.4 Å². The van der Waals surface area contributed by atoms with E-state index >= 15 is 0 Å². The fourth-order valence-corrected chi connectivity index (χ4v) is 3.68. The largest absolute Gasteiger partial charge is 1.20 e. The predicted molar refractivity (Wildman–Crippen MR) is 116 cm³/mol. The average Bonchev–Trinajstić information content (AvgIpc) is 2.75. The fourth-order valence-electron chi connectivity index (χ4n) is 2.61. The summed E-state index contributed by atoms with van der Waals surface area (Å²) in [6.45, 7) is 5.66. The molecule has 0 saturated heterocycles. The lowest BCUT2D eigenvalue weighted by atomic mass is 10.2. The van der Waals surface area contributed by atoms with Gasteiger partial charge in [0.05, 0.1) is 16.7 Å². The van der Waals surface area contributed by atoms with Crippen molar-refractivity contribution in [3.63, 3.8) is 0 Å². The Morgan fingerprint density at radius 1 is 0.484 bits per heavy atom. The Hall–Kier alpha value is -3.40. The van der Waals surface area contributed by atoms with Gasteiger partial charge in [-0.05, 0) is 57.2 Å². The van der Waals surface area contributed by atoms with Gasteiger partial charge in [0, 0.05) is 0 Å². The summed E-state index contributed by atoms with van der Waals surface area (Å²) in [6.07, 6.45) is 0. The van der Waals surface area contributed by atoms with Crippen LogP contribution in [0.1, 0.15) is 47.8 Å². The molecule has 0 unspecified atom stereocenters. The van der Waals surface area contributed by atoms with Gasteiger partial charge in [-0.25, -0.2) is 14.4 Å². The van der Waals surface area contributed by atoms with Gasteiger partial charge >= 0.3 is 33.1 Å². The van der Waals surface area contributed by atoms with E-state index in [1.807, 2.05) is 20.8 Å². The van der Waals surface area contributed by atoms with E-state index in [0.717, 1.165) is 16.7 Å². The normalized spacial score (nSPS) is 10.2. The van der Waals surface area contributed by atoms with Crippen LogP contribution in [-0.4, -0.2) is 33.1 Å². The first-order valence-electron chi connectivity index (χ1n) is 9.65. The first-order valence-corrected chi connectivity index (χ1v) is 11.1. The highest BCUT2D eigenvalue weighted by atomic mass is 27.3. The topological polar surface area (TPSA) is 78.9 Å². The SMILES string of the molecule is Cc1ccc(C(=O)[O][Al]([O]C(=O)c2ccc(C)cc2)[O]C(=O)c2ccc(C)cc2)cc1. The summed E-state index contributed by atoms with van der Waals surface area (Å²) in [6, 6.07) is 20.1. The Morgan fingerprint density at radius 2 is 0.710 bits per heavy atom. The van der Waals surface area contributed by atoms with Crippen LogP contribution in [0.25, 0.3) is 0 Å². The smallest absolute Gasteiger partial charge is 0.547 e. The summed E-state index contributed by atoms with van der Waals surface area (Å²) in [5, 5.41) is 0. The zero-order valence-electron chi connectivity index (χ0n) is 17.5. The highest BCUT2D eigenvalue weighted by Crippen LogP contribution is 2.12. The molecule has 0 aliphatic carbocycles. The lowest BCUT2D eigenvalue weighted by Crippen LogP contribution is -2.35. The van der Waals surface area contributed by atoms with E-state index in [-0.39, 0.29) is 16.7 Å². The molecule has 3 aromatic rings. The van der Waals surface area contributed by atoms with E-state index in [1.165, 1.54) is 0 Å². The van der Waals surface area contributed by atoms with Crippen LogP contribution in [0.2, 0.25) is 0 Å². The molecule has 0 atom stereocenters. The quantitative estimate of drug-likeness (QED) is 0.535. The van der Waals surface area contributed by atoms with Gasteiger partial charge in [0.2, 0.25) is 0 Å². The maximum absolute atomic E-state index is 12.5. The molecule has 0 spiro atoms. The third-order valence-electron chi connectivity index (χ3n) is 4.47. The average molecular weight is 432 g/mol. The predicted octanol–water partition coefficient (Wildman–Crippen LogP) is 4.47. The molecule has 0 bridgehead atoms. The fraction of sp³-hybridized carbons (Fsp3) is 0.125. The van der Waals surface area contributed by atoms with Gasteiger partial charge in [0.25, 0.3) is 0 Å². The third-order valence-corrected chi connectivity index (χ3v) is 5.69. The lowest BCUT2D eigenvalue weighted by molar-refractivity contribution is 0.0410. The van der Waals surface area contributed by atoms with Crippen molar-refractivity contribution in [2.24, 2.45) is 0 Å². The lowest BCUT2D eigenvalue weighted by Gasteiger charge is -2.14. The zero-order chi connectivity index (χ0) is 22.4. The molecule has 3 rings (SSSR count). The standard InChI is InChI=1S/3C8H8O2.Al/c3*1-6-2-4-7(5-3-6)8(9)10;/h3*2-5H,1H3,(H,9,10);/q;;;+3/p-3. The second-order valence-corrected chi connectivity index (χ2v) is 8.39. The first-order chi connectivity index (χ1) is 14.8. The van der Waals surface area contributed by atoms with Crippen molar-refractivity contribution < 1.29 is 25.7 Å². The molecule has 0 saturated carbocycles. The van der Waals surface area contributed by atoms with Crippen molar-refractivity contribution in [2.45, 2.75) is 20.8 Å². The highest BCUT2D eigenvalue weighted by molar-refractivity contribution is 6.45. The van der Waals surface area contributed by atoms with Crippen molar-refractivity contribution in [3.8, 4) is 0 Å². The number of aryl methyl sites for hydroxylation is 3. The second kappa shape index (κ2) is 10.1. The Kier molecular flexibility index (Phi) is 7.24. The molecule has 0 radical (unpaired) electrons. The van der Waals surface area contributed by atoms with Gasteiger partial charge in [-0.3, -0.25) is 0 Å². The van der Waals surface area contributed by atoms with Crippen LogP contribution >= 0.6 is 0 Å². The maximum Gasteiger partial charge on any atom is 1.20 e. The van der Waals surface area contributed by atoms with E-state index < -0.39 is 33.1 Å². The van der Waals surface area contributed by atoms with Gasteiger partial charge < -0.3 is 11.4 Å². The molecule has 0 N–H and O–H groups in total. The minimum atomic E-state index is -3.50. The summed E-state index contributed by atoms with van der Waals surface area (Å²) >= 11 is -3.50. The summed E-state index contributed by atoms with van der Waals surface area (Å²) in [4.78, 5) is 37.6. The summed E-state index contributed by atoms with van der Waals surface area (Å²) in [7, 11) is 0. The van der Waals surface area contributed by atoms with E-state index in [2.05, 4.69) is 0 Å². The minimum absolute atomic E-state index is 0.265. The van der Waals surface area contributed by atoms with Crippen LogP contribution in [0.15, 0.2) is 72.8 Å². The van der Waals surface area contributed by atoms with Crippen LogP contribution in [-0.2, 0) is 11.4 Å². The number of carbonyl (C=O) groups is 3. The van der Waals surface area contributed by atoms with Gasteiger partial charge in [0.15, 0.2) is 0 Å². The van der Waals surface area contributed by atoms with Gasteiger partial charge in [-0.15, -0.1) is 0 Å². The van der Waals surface area contributed by atoms with Gasteiger partial charge in [-0.1, -0.05) is 53.1 Å². The van der Waals surface area contributed by atoms with Crippen LogP contribution in [0, 0.1) is 20.8 Å². The van der Waals surface area contributed by atoms with Crippen molar-refractivity contribution >= 4 is 33.1 Å². The molecule has 0 heterocycles. The molecule has 156 valence electrons. The number of benzene rings is 3. The number of rotatable bonds is 6. The third kappa shape index (κ3) is 6.29. The minimum Gasteiger partial charge on any atom is -0.547 e. The van der Waals surface area contributed by atoms with Crippen LogP contribution in [0.5, 0.6) is 0 Å². The number of carbonyl (C=O) groups excluding carboxylic acids is 3. The summed E-state index contributed by atoms with van der Waals surface area (Å²) in [5.74, 6) is -2.19. The molecule has 0 amide bonds. The van der Waals surface area contributed by atoms with E-state index in [9.17, 15) is 14.4 Å². The van der Waals surface area contributed by atoms with Crippen molar-refractivity contribution in [1.29, 1.82) is 0 Å². The Bertz CT molecular complexity index is 931. The van der Waals surface area contributed by atoms with E-state index in [0.29, 0.717) is 0 Å². The van der Waals surface area contributed by atoms with E-state index in [1.54, 1.807) is 72.8 Å². The summed E-state index contributed by atoms with van der Waals surface area (Å²) < 4.78 is 16.0. The molecule has 7 heteroatoms. The maximum atomic E-state index is 12.5. The second-order valence-electron chi connectivity index (χ2n) is 7.10. The molecule has 0 aliphatic rings. The van der Waals surface area contributed by atoms with Crippen molar-refractivity contribution in [1.82, 2.24) is 0 Å². The molecule has 0 fully saturated rings. The number of hydrogen-bond donors (Lipinski definition) is 0. The molecular formula is C24H21AlO6. The Balaban J connectivity index is 1.78. The van der Waals surface area contributed by atoms with Gasteiger partial charge in [-0.2, -0.15) is 0 Å². The molecule has 3 aromatic carbocycles. The Labute approximate surface area is 185 Å².